The minimum atomic E-state index is -0.0593. The van der Waals surface area contributed by atoms with Gasteiger partial charge in [0.15, 0.2) is 0 Å². The number of furan rings is 1. The molecule has 1 fully saturated rings. The fourth-order valence-electron chi connectivity index (χ4n) is 2.26. The summed E-state index contributed by atoms with van der Waals surface area (Å²) >= 11 is 0. The van der Waals surface area contributed by atoms with Gasteiger partial charge in [-0.2, -0.15) is 0 Å². The summed E-state index contributed by atoms with van der Waals surface area (Å²) in [6.07, 6.45) is 2.38. The standard InChI is InChI=1S/C16H20N2O2/c1-11(18(2)16(19)10-17-13-7-8-13)15-9-12-5-3-4-6-14(12)20-15/h3-6,9,11,13,17H,7-8,10H2,1-2H3. The largest absolute Gasteiger partial charge is 0.459 e. The monoisotopic (exact) mass is 272 g/mol. The molecule has 1 aromatic heterocycles. The molecule has 0 bridgehead atoms. The van der Waals surface area contributed by atoms with Gasteiger partial charge in [-0.3, -0.25) is 4.79 Å². The van der Waals surface area contributed by atoms with Crippen LogP contribution in [0.1, 0.15) is 31.6 Å². The van der Waals surface area contributed by atoms with Crippen LogP contribution in [0.5, 0.6) is 0 Å². The second-order valence-corrected chi connectivity index (χ2v) is 5.52. The smallest absolute Gasteiger partial charge is 0.236 e. The van der Waals surface area contributed by atoms with Crippen molar-refractivity contribution in [1.82, 2.24) is 10.2 Å². The minimum Gasteiger partial charge on any atom is -0.459 e. The van der Waals surface area contributed by atoms with Crippen LogP contribution in [0.15, 0.2) is 34.7 Å². The van der Waals surface area contributed by atoms with Gasteiger partial charge in [0.25, 0.3) is 0 Å². The first-order chi connectivity index (χ1) is 9.65. The van der Waals surface area contributed by atoms with Gasteiger partial charge in [-0.15, -0.1) is 0 Å². The number of carbonyl (C=O) groups is 1. The molecule has 1 saturated carbocycles. The summed E-state index contributed by atoms with van der Waals surface area (Å²) < 4.78 is 5.82. The van der Waals surface area contributed by atoms with E-state index in [1.165, 1.54) is 12.8 Å². The molecule has 4 nitrogen and oxygen atoms in total. The van der Waals surface area contributed by atoms with Gasteiger partial charge in [0.05, 0.1) is 12.6 Å². The summed E-state index contributed by atoms with van der Waals surface area (Å²) in [5, 5.41) is 4.32. The number of carbonyl (C=O) groups excluding carboxylic acids is 1. The van der Waals surface area contributed by atoms with Crippen LogP contribution in [-0.4, -0.2) is 30.4 Å². The van der Waals surface area contributed by atoms with Crippen molar-refractivity contribution >= 4 is 16.9 Å². The van der Waals surface area contributed by atoms with E-state index >= 15 is 0 Å². The first-order valence-corrected chi connectivity index (χ1v) is 7.12. The van der Waals surface area contributed by atoms with E-state index in [4.69, 9.17) is 4.42 Å². The lowest BCUT2D eigenvalue weighted by Crippen LogP contribution is -2.37. The molecule has 0 saturated heterocycles. The molecule has 1 aliphatic carbocycles. The van der Waals surface area contributed by atoms with Gasteiger partial charge in [0.1, 0.15) is 11.3 Å². The zero-order chi connectivity index (χ0) is 14.1. The van der Waals surface area contributed by atoms with E-state index in [0.29, 0.717) is 12.6 Å². The Kier molecular flexibility index (Phi) is 3.49. The first kappa shape index (κ1) is 13.2. The van der Waals surface area contributed by atoms with Crippen LogP contribution in [0.25, 0.3) is 11.0 Å². The molecular weight excluding hydrogens is 252 g/mol. The van der Waals surface area contributed by atoms with E-state index in [-0.39, 0.29) is 11.9 Å². The van der Waals surface area contributed by atoms with Crippen molar-refractivity contribution < 1.29 is 9.21 Å². The highest BCUT2D eigenvalue weighted by molar-refractivity contribution is 5.80. The van der Waals surface area contributed by atoms with Crippen molar-refractivity contribution in [2.24, 2.45) is 0 Å². The molecular formula is C16H20N2O2. The highest BCUT2D eigenvalue weighted by atomic mass is 16.3. The van der Waals surface area contributed by atoms with Crippen LogP contribution < -0.4 is 5.32 Å². The molecule has 3 rings (SSSR count). The van der Waals surface area contributed by atoms with E-state index < -0.39 is 0 Å². The van der Waals surface area contributed by atoms with Crippen molar-refractivity contribution in [3.8, 4) is 0 Å². The summed E-state index contributed by atoms with van der Waals surface area (Å²) in [5.74, 6) is 0.929. The molecule has 1 amide bonds. The van der Waals surface area contributed by atoms with Gasteiger partial charge in [-0.1, -0.05) is 18.2 Å². The highest BCUT2D eigenvalue weighted by Crippen LogP contribution is 2.26. The molecule has 1 atom stereocenters. The number of nitrogens with zero attached hydrogens (tertiary/aromatic N) is 1. The topological polar surface area (TPSA) is 45.5 Å². The average molecular weight is 272 g/mol. The Morgan fingerprint density at radius 1 is 1.45 bits per heavy atom. The Morgan fingerprint density at radius 3 is 2.90 bits per heavy atom. The summed E-state index contributed by atoms with van der Waals surface area (Å²) in [5.41, 5.74) is 0.867. The van der Waals surface area contributed by atoms with Gasteiger partial charge in [-0.05, 0) is 31.9 Å². The number of amides is 1. The molecule has 4 heteroatoms. The van der Waals surface area contributed by atoms with E-state index in [0.717, 1.165) is 16.7 Å². The van der Waals surface area contributed by atoms with E-state index in [9.17, 15) is 4.79 Å². The third kappa shape index (κ3) is 2.70. The Bertz CT molecular complexity index is 583. The van der Waals surface area contributed by atoms with Gasteiger partial charge >= 0.3 is 0 Å². The van der Waals surface area contributed by atoms with E-state index in [1.54, 1.807) is 4.90 Å². The van der Waals surface area contributed by atoms with E-state index in [2.05, 4.69) is 5.32 Å². The molecule has 2 aromatic rings. The van der Waals surface area contributed by atoms with Gasteiger partial charge < -0.3 is 14.6 Å². The Balaban J connectivity index is 1.69. The fraction of sp³-hybridized carbons (Fsp3) is 0.438. The number of rotatable bonds is 5. The molecule has 1 unspecified atom stereocenters. The van der Waals surface area contributed by atoms with Gasteiger partial charge in [0.2, 0.25) is 5.91 Å². The summed E-state index contributed by atoms with van der Waals surface area (Å²) in [7, 11) is 1.83. The molecule has 1 N–H and O–H groups in total. The molecule has 106 valence electrons. The van der Waals surface area contributed by atoms with Gasteiger partial charge in [-0.25, -0.2) is 0 Å². The number of fused-ring (bicyclic) bond motifs is 1. The molecule has 1 aliphatic rings. The molecule has 0 spiro atoms. The second-order valence-electron chi connectivity index (χ2n) is 5.52. The van der Waals surface area contributed by atoms with Crippen LogP contribution in [0.4, 0.5) is 0 Å². The quantitative estimate of drug-likeness (QED) is 0.910. The minimum absolute atomic E-state index is 0.0593. The van der Waals surface area contributed by atoms with Crippen molar-refractivity contribution in [2.45, 2.75) is 31.8 Å². The van der Waals surface area contributed by atoms with Crippen LogP contribution in [0.2, 0.25) is 0 Å². The first-order valence-electron chi connectivity index (χ1n) is 7.12. The Labute approximate surface area is 118 Å². The second kappa shape index (κ2) is 5.29. The summed E-state index contributed by atoms with van der Waals surface area (Å²) in [6.45, 7) is 2.40. The normalized spacial score (nSPS) is 16.3. The third-order valence-electron chi connectivity index (χ3n) is 3.95. The molecule has 20 heavy (non-hydrogen) atoms. The molecule has 1 aromatic carbocycles. The summed E-state index contributed by atoms with van der Waals surface area (Å²) in [6, 6.07) is 10.4. The molecule has 0 radical (unpaired) electrons. The van der Waals surface area contributed by atoms with Crippen molar-refractivity contribution in [2.75, 3.05) is 13.6 Å². The lowest BCUT2D eigenvalue weighted by molar-refractivity contribution is -0.131. The van der Waals surface area contributed by atoms with Crippen LogP contribution >= 0.6 is 0 Å². The zero-order valence-electron chi connectivity index (χ0n) is 11.9. The lowest BCUT2D eigenvalue weighted by atomic mass is 10.2. The summed E-state index contributed by atoms with van der Waals surface area (Å²) in [4.78, 5) is 13.9. The Hall–Kier alpha value is -1.81. The fourth-order valence-corrected chi connectivity index (χ4v) is 2.26. The Morgan fingerprint density at radius 2 is 2.20 bits per heavy atom. The van der Waals surface area contributed by atoms with Crippen LogP contribution in [0.3, 0.4) is 0 Å². The number of benzene rings is 1. The predicted molar refractivity (Wildman–Crippen MR) is 78.4 cm³/mol. The maximum atomic E-state index is 12.1. The van der Waals surface area contributed by atoms with Crippen LogP contribution in [-0.2, 0) is 4.79 Å². The number of nitrogens with one attached hydrogen (secondary N) is 1. The van der Waals surface area contributed by atoms with Crippen molar-refractivity contribution in [3.05, 3.63) is 36.1 Å². The van der Waals surface area contributed by atoms with Crippen molar-refractivity contribution in [1.29, 1.82) is 0 Å². The number of hydrogen-bond acceptors (Lipinski definition) is 3. The third-order valence-corrected chi connectivity index (χ3v) is 3.95. The molecule has 0 aliphatic heterocycles. The number of hydrogen-bond donors (Lipinski definition) is 1. The lowest BCUT2D eigenvalue weighted by Gasteiger charge is -2.23. The van der Waals surface area contributed by atoms with Crippen molar-refractivity contribution in [3.63, 3.8) is 0 Å². The zero-order valence-corrected chi connectivity index (χ0v) is 11.9. The maximum Gasteiger partial charge on any atom is 0.236 e. The van der Waals surface area contributed by atoms with Crippen LogP contribution in [0, 0.1) is 0 Å². The molecule has 1 heterocycles. The number of para-hydroxylation sites is 1. The van der Waals surface area contributed by atoms with E-state index in [1.807, 2.05) is 44.3 Å². The highest BCUT2D eigenvalue weighted by Gasteiger charge is 2.24. The predicted octanol–water partition coefficient (Wildman–Crippen LogP) is 2.70. The SMILES string of the molecule is CC(c1cc2ccccc2o1)N(C)C(=O)CNC1CC1. The number of likely N-dealkylation sites (N-methyl/N-ethyl adjacent to an activating group) is 1. The van der Waals surface area contributed by atoms with Gasteiger partial charge in [0, 0.05) is 18.5 Å². The maximum absolute atomic E-state index is 12.1. The average Bonchev–Trinajstić information content (AvgIpc) is 3.19.